The Balaban J connectivity index is 2.46. The first kappa shape index (κ1) is 14.3. The Hall–Kier alpha value is -2.15. The van der Waals surface area contributed by atoms with Gasteiger partial charge in [-0.25, -0.2) is 0 Å². The lowest BCUT2D eigenvalue weighted by atomic mass is 10.2. The molecule has 2 rings (SSSR count). The number of aromatic nitrogens is 3. The Morgan fingerprint density at radius 1 is 1.35 bits per heavy atom. The van der Waals surface area contributed by atoms with E-state index < -0.39 is 0 Å². The van der Waals surface area contributed by atoms with E-state index in [2.05, 4.69) is 15.3 Å². The molecule has 0 radical (unpaired) electrons. The highest BCUT2D eigenvalue weighted by atomic mass is 32.2. The predicted molar refractivity (Wildman–Crippen MR) is 78.8 cm³/mol. The number of hydrogen-bond acceptors (Lipinski definition) is 6. The molecular weight excluding hydrogens is 276 g/mol. The van der Waals surface area contributed by atoms with Gasteiger partial charge in [0.05, 0.1) is 13.3 Å². The second kappa shape index (κ2) is 6.33. The molecule has 0 aliphatic carbocycles. The van der Waals surface area contributed by atoms with Crippen LogP contribution in [0.15, 0.2) is 39.3 Å². The quantitative estimate of drug-likeness (QED) is 0.631. The van der Waals surface area contributed by atoms with Crippen LogP contribution in [0.25, 0.3) is 0 Å². The van der Waals surface area contributed by atoms with Crippen molar-refractivity contribution in [3.05, 3.63) is 45.9 Å². The maximum atomic E-state index is 12.0. The van der Waals surface area contributed by atoms with Crippen molar-refractivity contribution in [3.63, 3.8) is 0 Å². The van der Waals surface area contributed by atoms with Crippen LogP contribution in [0.2, 0.25) is 0 Å². The Bertz CT molecular complexity index is 697. The number of benzene rings is 1. The van der Waals surface area contributed by atoms with Crippen LogP contribution < -0.4 is 10.3 Å². The van der Waals surface area contributed by atoms with Gasteiger partial charge in [0.2, 0.25) is 5.16 Å². The summed E-state index contributed by atoms with van der Waals surface area (Å²) >= 11 is 1.31. The van der Waals surface area contributed by atoms with Crippen LogP contribution in [0.4, 0.5) is 0 Å². The number of aryl methyl sites for hydroxylation is 1. The van der Waals surface area contributed by atoms with Gasteiger partial charge in [0.25, 0.3) is 5.56 Å². The maximum Gasteiger partial charge on any atom is 0.296 e. The number of nitrogens with zero attached hydrogens (tertiary/aromatic N) is 4. The smallest absolute Gasteiger partial charge is 0.296 e. The summed E-state index contributed by atoms with van der Waals surface area (Å²) in [5.74, 6) is 0.689. The van der Waals surface area contributed by atoms with Gasteiger partial charge in [0.15, 0.2) is 0 Å². The molecule has 0 fully saturated rings. The molecule has 1 aromatic carbocycles. The fourth-order valence-electron chi connectivity index (χ4n) is 1.57. The number of rotatable bonds is 4. The molecule has 104 valence electrons. The molecular formula is C13H14N4O2S. The minimum atomic E-state index is -0.282. The highest BCUT2D eigenvalue weighted by Crippen LogP contribution is 2.15. The normalized spacial score (nSPS) is 10.9. The van der Waals surface area contributed by atoms with Gasteiger partial charge in [-0.3, -0.25) is 4.79 Å². The fourth-order valence-corrected chi connectivity index (χ4v) is 1.99. The number of thioether (sulfide) groups is 1. The Kier molecular flexibility index (Phi) is 4.52. The van der Waals surface area contributed by atoms with E-state index in [0.29, 0.717) is 16.6 Å². The van der Waals surface area contributed by atoms with Crippen molar-refractivity contribution in [2.24, 2.45) is 5.10 Å². The highest BCUT2D eigenvalue weighted by Gasteiger charge is 2.07. The number of ether oxygens (including phenoxy) is 1. The lowest BCUT2D eigenvalue weighted by Crippen LogP contribution is -2.23. The van der Waals surface area contributed by atoms with Gasteiger partial charge in [0.1, 0.15) is 11.4 Å². The van der Waals surface area contributed by atoms with Crippen molar-refractivity contribution in [2.75, 3.05) is 13.4 Å². The molecule has 0 N–H and O–H groups in total. The number of para-hydroxylation sites is 1. The van der Waals surface area contributed by atoms with Gasteiger partial charge in [-0.1, -0.05) is 23.9 Å². The topological polar surface area (TPSA) is 69.4 Å². The van der Waals surface area contributed by atoms with Crippen LogP contribution >= 0.6 is 11.8 Å². The van der Waals surface area contributed by atoms with E-state index in [9.17, 15) is 4.79 Å². The third-order valence-corrected chi connectivity index (χ3v) is 3.22. The first-order valence-corrected chi connectivity index (χ1v) is 7.07. The molecule has 0 aliphatic heterocycles. The van der Waals surface area contributed by atoms with Crippen LogP contribution in [-0.4, -0.2) is 34.5 Å². The van der Waals surface area contributed by atoms with E-state index in [-0.39, 0.29) is 5.56 Å². The van der Waals surface area contributed by atoms with Gasteiger partial charge in [-0.05, 0) is 25.3 Å². The number of methoxy groups -OCH3 is 1. The summed E-state index contributed by atoms with van der Waals surface area (Å²) in [6, 6.07) is 7.43. The van der Waals surface area contributed by atoms with Gasteiger partial charge in [-0.15, -0.1) is 10.2 Å². The average Bonchev–Trinajstić information content (AvgIpc) is 2.49. The molecule has 1 aromatic heterocycles. The number of hydrogen-bond donors (Lipinski definition) is 0. The van der Waals surface area contributed by atoms with Gasteiger partial charge in [0, 0.05) is 5.56 Å². The summed E-state index contributed by atoms with van der Waals surface area (Å²) in [5.41, 5.74) is 0.805. The second-order valence-corrected chi connectivity index (χ2v) is 4.65. The monoisotopic (exact) mass is 290 g/mol. The molecule has 6 nitrogen and oxygen atoms in total. The molecule has 0 atom stereocenters. The third-order valence-electron chi connectivity index (χ3n) is 2.60. The summed E-state index contributed by atoms with van der Waals surface area (Å²) in [6.45, 7) is 1.61. The molecule has 0 unspecified atom stereocenters. The van der Waals surface area contributed by atoms with E-state index in [1.54, 1.807) is 20.2 Å². The molecule has 7 heteroatoms. The molecule has 20 heavy (non-hydrogen) atoms. The molecule has 0 saturated heterocycles. The molecule has 0 spiro atoms. The second-order valence-electron chi connectivity index (χ2n) is 3.88. The maximum absolute atomic E-state index is 12.0. The van der Waals surface area contributed by atoms with Gasteiger partial charge >= 0.3 is 0 Å². The van der Waals surface area contributed by atoms with E-state index in [4.69, 9.17) is 4.74 Å². The first-order chi connectivity index (χ1) is 9.67. The average molecular weight is 290 g/mol. The van der Waals surface area contributed by atoms with Crippen LogP contribution in [0.3, 0.4) is 0 Å². The predicted octanol–water partition coefficient (Wildman–Crippen LogP) is 1.56. The molecule has 0 saturated carbocycles. The minimum absolute atomic E-state index is 0.282. The van der Waals surface area contributed by atoms with E-state index in [1.807, 2.05) is 30.5 Å². The zero-order valence-corrected chi connectivity index (χ0v) is 12.2. The molecule has 1 heterocycles. The summed E-state index contributed by atoms with van der Waals surface area (Å²) in [4.78, 5) is 12.0. The molecule has 0 amide bonds. The summed E-state index contributed by atoms with van der Waals surface area (Å²) in [6.07, 6.45) is 3.38. The van der Waals surface area contributed by atoms with E-state index >= 15 is 0 Å². The van der Waals surface area contributed by atoms with Crippen molar-refractivity contribution in [1.82, 2.24) is 14.9 Å². The SMILES string of the molecule is COc1ccccc1/C=N\n1c(SC)nnc(C)c1=O. The van der Waals surface area contributed by atoms with E-state index in [1.165, 1.54) is 16.4 Å². The minimum Gasteiger partial charge on any atom is -0.496 e. The fraction of sp³-hybridized carbons (Fsp3) is 0.231. The zero-order chi connectivity index (χ0) is 14.5. The molecule has 2 aromatic rings. The molecule has 0 aliphatic rings. The molecule has 0 bridgehead atoms. The standard InChI is InChI=1S/C13H14N4O2S/c1-9-12(18)17(13(20-3)16-15-9)14-8-10-6-4-5-7-11(10)19-2/h4-8H,1-3H3/b14-8-. The summed E-state index contributed by atoms with van der Waals surface area (Å²) < 4.78 is 6.47. The van der Waals surface area contributed by atoms with Crippen molar-refractivity contribution >= 4 is 18.0 Å². The zero-order valence-electron chi connectivity index (χ0n) is 11.4. The van der Waals surface area contributed by atoms with Gasteiger partial charge in [-0.2, -0.15) is 9.78 Å². The van der Waals surface area contributed by atoms with E-state index in [0.717, 1.165) is 5.56 Å². The Morgan fingerprint density at radius 2 is 2.10 bits per heavy atom. The van der Waals surface area contributed by atoms with Crippen LogP contribution in [-0.2, 0) is 0 Å². The largest absolute Gasteiger partial charge is 0.496 e. The van der Waals surface area contributed by atoms with Gasteiger partial charge < -0.3 is 4.74 Å². The highest BCUT2D eigenvalue weighted by molar-refractivity contribution is 7.98. The summed E-state index contributed by atoms with van der Waals surface area (Å²) in [7, 11) is 1.59. The van der Waals surface area contributed by atoms with Crippen molar-refractivity contribution < 1.29 is 4.74 Å². The lowest BCUT2D eigenvalue weighted by molar-refractivity contribution is 0.414. The van der Waals surface area contributed by atoms with Crippen molar-refractivity contribution in [1.29, 1.82) is 0 Å². The van der Waals surface area contributed by atoms with Crippen molar-refractivity contribution in [3.8, 4) is 5.75 Å². The third kappa shape index (κ3) is 2.88. The lowest BCUT2D eigenvalue weighted by Gasteiger charge is -2.05. The first-order valence-electron chi connectivity index (χ1n) is 5.85. The van der Waals surface area contributed by atoms with Crippen LogP contribution in [0, 0.1) is 6.92 Å². The summed E-state index contributed by atoms with van der Waals surface area (Å²) in [5, 5.41) is 12.4. The van der Waals surface area contributed by atoms with Crippen LogP contribution in [0.5, 0.6) is 5.75 Å². The van der Waals surface area contributed by atoms with Crippen LogP contribution in [0.1, 0.15) is 11.3 Å². The Labute approximate surface area is 120 Å². The Morgan fingerprint density at radius 3 is 2.80 bits per heavy atom. The van der Waals surface area contributed by atoms with Crippen molar-refractivity contribution in [2.45, 2.75) is 12.1 Å².